The van der Waals surface area contributed by atoms with Crippen LogP contribution in [0, 0.1) is 17.2 Å². The van der Waals surface area contributed by atoms with Gasteiger partial charge in [0.25, 0.3) is 0 Å². The molecule has 2 rings (SSSR count). The van der Waals surface area contributed by atoms with Gasteiger partial charge in [-0.15, -0.1) is 0 Å². The Kier molecular flexibility index (Phi) is 5.57. The standard InChI is InChI=1S/C16H23N3O2S/c1-3-15-12-19(22(2,20)21)8-7-16(15)18-11-14-6-4-5-13(9-14)10-17/h4-6,9,15-16,18H,3,7-8,11-12H2,1-2H3/t15-,16+/m0/s1. The van der Waals surface area contributed by atoms with Crippen molar-refractivity contribution in [3.8, 4) is 6.07 Å². The number of rotatable bonds is 5. The number of piperidine rings is 1. The molecule has 5 nitrogen and oxygen atoms in total. The third-order valence-electron chi connectivity index (χ3n) is 4.31. The molecule has 2 atom stereocenters. The second-order valence-electron chi connectivity index (χ2n) is 5.88. The maximum Gasteiger partial charge on any atom is 0.211 e. The molecule has 1 aromatic rings. The maximum absolute atomic E-state index is 11.7. The molecule has 22 heavy (non-hydrogen) atoms. The van der Waals surface area contributed by atoms with Crippen molar-refractivity contribution in [2.45, 2.75) is 32.4 Å². The van der Waals surface area contributed by atoms with Crippen molar-refractivity contribution in [1.82, 2.24) is 9.62 Å². The molecule has 1 aliphatic rings. The summed E-state index contributed by atoms with van der Waals surface area (Å²) in [5.74, 6) is 0.322. The van der Waals surface area contributed by atoms with Gasteiger partial charge in [-0.3, -0.25) is 0 Å². The van der Waals surface area contributed by atoms with Crippen LogP contribution >= 0.6 is 0 Å². The van der Waals surface area contributed by atoms with Gasteiger partial charge >= 0.3 is 0 Å². The Morgan fingerprint density at radius 2 is 2.23 bits per heavy atom. The first-order chi connectivity index (χ1) is 10.4. The van der Waals surface area contributed by atoms with Crippen LogP contribution in [0.3, 0.4) is 0 Å². The molecule has 0 unspecified atom stereocenters. The second-order valence-corrected chi connectivity index (χ2v) is 7.86. The first-order valence-electron chi connectivity index (χ1n) is 7.61. The lowest BCUT2D eigenvalue weighted by Gasteiger charge is -2.37. The average molecular weight is 321 g/mol. The molecular formula is C16H23N3O2S. The normalized spacial score (nSPS) is 23.1. The quantitative estimate of drug-likeness (QED) is 0.896. The van der Waals surface area contributed by atoms with Crippen LogP contribution in [-0.4, -0.2) is 38.1 Å². The van der Waals surface area contributed by atoms with E-state index in [0.29, 0.717) is 37.2 Å². The van der Waals surface area contributed by atoms with Gasteiger partial charge < -0.3 is 5.32 Å². The Morgan fingerprint density at radius 1 is 1.45 bits per heavy atom. The highest BCUT2D eigenvalue weighted by molar-refractivity contribution is 7.88. The molecule has 1 heterocycles. The number of sulfonamides is 1. The highest BCUT2D eigenvalue weighted by atomic mass is 32.2. The van der Waals surface area contributed by atoms with Gasteiger partial charge in [-0.1, -0.05) is 25.5 Å². The topological polar surface area (TPSA) is 73.2 Å². The van der Waals surface area contributed by atoms with Crippen LogP contribution in [-0.2, 0) is 16.6 Å². The van der Waals surface area contributed by atoms with Crippen molar-refractivity contribution < 1.29 is 8.42 Å². The lowest BCUT2D eigenvalue weighted by Crippen LogP contribution is -2.50. The van der Waals surface area contributed by atoms with Gasteiger partial charge in [-0.25, -0.2) is 12.7 Å². The van der Waals surface area contributed by atoms with Crippen LogP contribution in [0.25, 0.3) is 0 Å². The SMILES string of the molecule is CC[C@H]1CN(S(C)(=O)=O)CC[C@H]1NCc1cccc(C#N)c1. The van der Waals surface area contributed by atoms with Crippen molar-refractivity contribution in [2.75, 3.05) is 19.3 Å². The predicted molar refractivity (Wildman–Crippen MR) is 86.6 cm³/mol. The third kappa shape index (κ3) is 4.29. The number of nitrogens with zero attached hydrogens (tertiary/aromatic N) is 2. The van der Waals surface area contributed by atoms with E-state index in [1.54, 1.807) is 10.4 Å². The molecule has 0 saturated carbocycles. The first-order valence-corrected chi connectivity index (χ1v) is 9.46. The molecule has 120 valence electrons. The molecule has 0 bridgehead atoms. The van der Waals surface area contributed by atoms with E-state index in [1.807, 2.05) is 18.2 Å². The van der Waals surface area contributed by atoms with Crippen molar-refractivity contribution in [3.63, 3.8) is 0 Å². The van der Waals surface area contributed by atoms with E-state index in [-0.39, 0.29) is 0 Å². The largest absolute Gasteiger partial charge is 0.310 e. The highest BCUT2D eigenvalue weighted by Crippen LogP contribution is 2.22. The van der Waals surface area contributed by atoms with Crippen LogP contribution in [0.15, 0.2) is 24.3 Å². The molecule has 0 amide bonds. The average Bonchev–Trinajstić information content (AvgIpc) is 2.52. The first kappa shape index (κ1) is 16.9. The van der Waals surface area contributed by atoms with Gasteiger partial charge in [0.05, 0.1) is 17.9 Å². The molecule has 1 N–H and O–H groups in total. The maximum atomic E-state index is 11.7. The molecule has 1 fully saturated rings. The lowest BCUT2D eigenvalue weighted by atomic mass is 9.91. The molecule has 1 aliphatic heterocycles. The van der Waals surface area contributed by atoms with E-state index in [4.69, 9.17) is 5.26 Å². The number of benzene rings is 1. The second kappa shape index (κ2) is 7.23. The summed E-state index contributed by atoms with van der Waals surface area (Å²) >= 11 is 0. The summed E-state index contributed by atoms with van der Waals surface area (Å²) in [7, 11) is -3.10. The smallest absolute Gasteiger partial charge is 0.211 e. The van der Waals surface area contributed by atoms with E-state index < -0.39 is 10.0 Å². The molecule has 0 aliphatic carbocycles. The van der Waals surface area contributed by atoms with Gasteiger partial charge in [-0.2, -0.15) is 5.26 Å². The van der Waals surface area contributed by atoms with Gasteiger partial charge in [-0.05, 0) is 30.0 Å². The zero-order valence-corrected chi connectivity index (χ0v) is 13.9. The minimum Gasteiger partial charge on any atom is -0.310 e. The van der Waals surface area contributed by atoms with Crippen LogP contribution in [0.5, 0.6) is 0 Å². The van der Waals surface area contributed by atoms with E-state index in [2.05, 4.69) is 18.3 Å². The van der Waals surface area contributed by atoms with E-state index >= 15 is 0 Å². The number of nitrogens with one attached hydrogen (secondary N) is 1. The fraction of sp³-hybridized carbons (Fsp3) is 0.562. The number of hydrogen-bond acceptors (Lipinski definition) is 4. The minimum absolute atomic E-state index is 0.314. The Balaban J connectivity index is 1.97. The fourth-order valence-corrected chi connectivity index (χ4v) is 3.88. The van der Waals surface area contributed by atoms with Crippen LogP contribution in [0.1, 0.15) is 30.9 Å². The summed E-state index contributed by atoms with van der Waals surface area (Å²) < 4.78 is 24.9. The molecule has 0 spiro atoms. The number of nitriles is 1. The van der Waals surface area contributed by atoms with Crippen LogP contribution in [0.4, 0.5) is 0 Å². The van der Waals surface area contributed by atoms with Crippen LogP contribution < -0.4 is 5.32 Å². The Labute approximate surface area is 133 Å². The Morgan fingerprint density at radius 3 is 2.86 bits per heavy atom. The molecule has 0 radical (unpaired) electrons. The van der Waals surface area contributed by atoms with Gasteiger partial charge in [0, 0.05) is 25.7 Å². The van der Waals surface area contributed by atoms with Gasteiger partial charge in [0.2, 0.25) is 10.0 Å². The predicted octanol–water partition coefficient (Wildman–Crippen LogP) is 1.71. The monoisotopic (exact) mass is 321 g/mol. The summed E-state index contributed by atoms with van der Waals surface area (Å²) in [5, 5.41) is 12.5. The molecule has 0 aromatic heterocycles. The van der Waals surface area contributed by atoms with Gasteiger partial charge in [0.1, 0.15) is 0 Å². The molecule has 1 saturated heterocycles. The van der Waals surface area contributed by atoms with Crippen molar-refractivity contribution >= 4 is 10.0 Å². The fourth-order valence-electron chi connectivity index (χ4n) is 2.98. The summed E-state index contributed by atoms with van der Waals surface area (Å²) in [6.07, 6.45) is 3.05. The van der Waals surface area contributed by atoms with E-state index in [9.17, 15) is 8.42 Å². The third-order valence-corrected chi connectivity index (χ3v) is 5.58. The molecular weight excluding hydrogens is 298 g/mol. The summed E-state index contributed by atoms with van der Waals surface area (Å²) in [6.45, 7) is 3.97. The zero-order valence-electron chi connectivity index (χ0n) is 13.1. The summed E-state index contributed by atoms with van der Waals surface area (Å²) in [4.78, 5) is 0. The minimum atomic E-state index is -3.10. The Bertz CT molecular complexity index is 652. The Hall–Kier alpha value is -1.42. The molecule has 1 aromatic carbocycles. The van der Waals surface area contributed by atoms with Crippen molar-refractivity contribution in [3.05, 3.63) is 35.4 Å². The van der Waals surface area contributed by atoms with Crippen molar-refractivity contribution in [2.24, 2.45) is 5.92 Å². The zero-order chi connectivity index (χ0) is 16.2. The van der Waals surface area contributed by atoms with Gasteiger partial charge in [0.15, 0.2) is 0 Å². The van der Waals surface area contributed by atoms with Crippen LogP contribution in [0.2, 0.25) is 0 Å². The van der Waals surface area contributed by atoms with Crippen molar-refractivity contribution in [1.29, 1.82) is 5.26 Å². The summed E-state index contributed by atoms with van der Waals surface area (Å²) in [6, 6.07) is 10.0. The highest BCUT2D eigenvalue weighted by Gasteiger charge is 2.31. The summed E-state index contributed by atoms with van der Waals surface area (Å²) in [5.41, 5.74) is 1.75. The number of hydrogen-bond donors (Lipinski definition) is 1. The van der Waals surface area contributed by atoms with E-state index in [0.717, 1.165) is 18.4 Å². The molecule has 6 heteroatoms. The lowest BCUT2D eigenvalue weighted by molar-refractivity contribution is 0.202. The van der Waals surface area contributed by atoms with E-state index in [1.165, 1.54) is 6.26 Å².